The minimum absolute atomic E-state index is 0. The summed E-state index contributed by atoms with van der Waals surface area (Å²) in [5, 5.41) is 4.72. The first-order chi connectivity index (χ1) is 14.8. The second-order valence-corrected chi connectivity index (χ2v) is 8.61. The lowest BCUT2D eigenvalue weighted by atomic mass is 9.93. The van der Waals surface area contributed by atoms with Gasteiger partial charge >= 0.3 is 0 Å². The van der Waals surface area contributed by atoms with Gasteiger partial charge in [0.25, 0.3) is 5.56 Å². The molecule has 1 aliphatic rings. The smallest absolute Gasteiger partial charge is 0.256 e. The number of aromatic amines is 1. The van der Waals surface area contributed by atoms with Gasteiger partial charge < -0.3 is 15.2 Å². The van der Waals surface area contributed by atoms with Crippen molar-refractivity contribution in [1.29, 1.82) is 0 Å². The van der Waals surface area contributed by atoms with Crippen molar-refractivity contribution in [2.45, 2.75) is 25.3 Å². The standard InChI is InChI=1S/C22H19Cl3FN3O2.ClH/c1-11-21-12(4-14(24)7-17(21)25)2-3-29(11)20(30)10-27-19-6-13-5-15(9-23)28-22(31)16(13)8-18(19)26;/h4-8,11,27H,2-3,9-10H2,1H3,(H,28,31);1H. The summed E-state index contributed by atoms with van der Waals surface area (Å²) in [6.45, 7) is 2.32. The van der Waals surface area contributed by atoms with E-state index in [0.717, 1.165) is 17.2 Å². The number of benzene rings is 2. The number of anilines is 1. The van der Waals surface area contributed by atoms with Gasteiger partial charge in [-0.2, -0.15) is 0 Å². The van der Waals surface area contributed by atoms with Gasteiger partial charge in [0.2, 0.25) is 5.91 Å². The third-order valence-electron chi connectivity index (χ3n) is 5.57. The number of H-pyrrole nitrogens is 1. The molecule has 1 amide bonds. The normalized spacial score (nSPS) is 15.3. The Kier molecular flexibility index (Phi) is 7.61. The Balaban J connectivity index is 0.00000289. The van der Waals surface area contributed by atoms with Crippen molar-refractivity contribution >= 4 is 69.6 Å². The second kappa shape index (κ2) is 9.87. The molecule has 5 nitrogen and oxygen atoms in total. The average Bonchev–Trinajstić information content (AvgIpc) is 2.72. The van der Waals surface area contributed by atoms with Gasteiger partial charge in [0.05, 0.1) is 29.5 Å². The number of fused-ring (bicyclic) bond motifs is 2. The quantitative estimate of drug-likeness (QED) is 0.436. The van der Waals surface area contributed by atoms with E-state index < -0.39 is 11.4 Å². The van der Waals surface area contributed by atoms with Gasteiger partial charge in [0, 0.05) is 22.3 Å². The zero-order chi connectivity index (χ0) is 22.3. The summed E-state index contributed by atoms with van der Waals surface area (Å²) in [5.41, 5.74) is 2.18. The van der Waals surface area contributed by atoms with Crippen LogP contribution in [-0.4, -0.2) is 28.9 Å². The minimum Gasteiger partial charge on any atom is -0.374 e. The number of pyridine rings is 1. The van der Waals surface area contributed by atoms with Crippen LogP contribution >= 0.6 is 47.2 Å². The van der Waals surface area contributed by atoms with Gasteiger partial charge in [-0.1, -0.05) is 23.2 Å². The topological polar surface area (TPSA) is 65.2 Å². The number of amides is 1. The van der Waals surface area contributed by atoms with Crippen molar-refractivity contribution in [2.24, 2.45) is 0 Å². The van der Waals surface area contributed by atoms with Crippen LogP contribution in [0, 0.1) is 5.82 Å². The maximum absolute atomic E-state index is 14.5. The van der Waals surface area contributed by atoms with Gasteiger partial charge in [-0.15, -0.1) is 24.0 Å². The first-order valence-electron chi connectivity index (χ1n) is 9.71. The SMILES string of the molecule is CC1c2c(Cl)cc(Cl)cc2CCN1C(=O)CNc1cc2cc(CCl)[nH]c(=O)c2cc1F.Cl. The van der Waals surface area contributed by atoms with Gasteiger partial charge in [-0.05, 0) is 60.2 Å². The number of nitrogens with zero attached hydrogens (tertiary/aromatic N) is 1. The Morgan fingerprint density at radius 3 is 2.72 bits per heavy atom. The second-order valence-electron chi connectivity index (χ2n) is 7.50. The third-order valence-corrected chi connectivity index (χ3v) is 6.39. The number of alkyl halides is 1. The van der Waals surface area contributed by atoms with E-state index in [1.807, 2.05) is 13.0 Å². The summed E-state index contributed by atoms with van der Waals surface area (Å²) in [5.74, 6) is -0.665. The van der Waals surface area contributed by atoms with E-state index in [9.17, 15) is 14.0 Å². The number of rotatable bonds is 4. The third kappa shape index (κ3) is 4.69. The summed E-state index contributed by atoms with van der Waals surface area (Å²) in [6.07, 6.45) is 0.639. The number of nitrogens with one attached hydrogen (secondary N) is 2. The summed E-state index contributed by atoms with van der Waals surface area (Å²) >= 11 is 18.3. The van der Waals surface area contributed by atoms with Crippen LogP contribution in [0.4, 0.5) is 10.1 Å². The van der Waals surface area contributed by atoms with E-state index in [1.54, 1.807) is 17.0 Å². The lowest BCUT2D eigenvalue weighted by Crippen LogP contribution is -2.42. The summed E-state index contributed by atoms with van der Waals surface area (Å²) in [6, 6.07) is 7.67. The average molecular weight is 519 g/mol. The highest BCUT2D eigenvalue weighted by Gasteiger charge is 2.29. The molecule has 0 bridgehead atoms. The predicted octanol–water partition coefficient (Wildman–Crippen LogP) is 5.69. The molecular formula is C22H20Cl4FN3O2. The maximum atomic E-state index is 14.5. The Morgan fingerprint density at radius 2 is 2.00 bits per heavy atom. The molecule has 2 N–H and O–H groups in total. The lowest BCUT2D eigenvalue weighted by molar-refractivity contribution is -0.131. The highest BCUT2D eigenvalue weighted by molar-refractivity contribution is 6.35. The molecular weight excluding hydrogens is 499 g/mol. The number of carbonyl (C=O) groups excluding carboxylic acids is 1. The molecule has 3 aromatic rings. The molecule has 1 aromatic heterocycles. The Morgan fingerprint density at radius 1 is 1.25 bits per heavy atom. The fourth-order valence-corrected chi connectivity index (χ4v) is 4.90. The van der Waals surface area contributed by atoms with Crippen LogP contribution in [-0.2, 0) is 17.1 Å². The van der Waals surface area contributed by atoms with Gasteiger partial charge in [0.1, 0.15) is 5.82 Å². The van der Waals surface area contributed by atoms with Gasteiger partial charge in [-0.25, -0.2) is 4.39 Å². The number of halogens is 5. The zero-order valence-corrected chi connectivity index (χ0v) is 20.1. The minimum atomic E-state index is -0.612. The van der Waals surface area contributed by atoms with Crippen LogP contribution in [0.2, 0.25) is 10.0 Å². The van der Waals surface area contributed by atoms with E-state index in [0.29, 0.717) is 34.1 Å². The molecule has 1 aliphatic heterocycles. The van der Waals surface area contributed by atoms with Crippen LogP contribution in [0.15, 0.2) is 35.1 Å². The molecule has 0 radical (unpaired) electrons. The lowest BCUT2D eigenvalue weighted by Gasteiger charge is -2.36. The molecule has 0 fully saturated rings. The van der Waals surface area contributed by atoms with Crippen LogP contribution in [0.1, 0.15) is 29.8 Å². The number of carbonyl (C=O) groups is 1. The van der Waals surface area contributed by atoms with E-state index in [-0.39, 0.29) is 47.9 Å². The van der Waals surface area contributed by atoms with Crippen LogP contribution in [0.3, 0.4) is 0 Å². The van der Waals surface area contributed by atoms with Crippen molar-refractivity contribution in [3.8, 4) is 0 Å². The van der Waals surface area contributed by atoms with E-state index in [4.69, 9.17) is 34.8 Å². The molecule has 0 saturated carbocycles. The summed E-state index contributed by atoms with van der Waals surface area (Å²) < 4.78 is 14.5. The van der Waals surface area contributed by atoms with E-state index in [1.165, 1.54) is 6.07 Å². The molecule has 0 aliphatic carbocycles. The molecule has 4 rings (SSSR count). The summed E-state index contributed by atoms with van der Waals surface area (Å²) in [7, 11) is 0. The molecule has 0 spiro atoms. The maximum Gasteiger partial charge on any atom is 0.256 e. The molecule has 2 heterocycles. The molecule has 10 heteroatoms. The van der Waals surface area contributed by atoms with Crippen molar-refractivity contribution in [1.82, 2.24) is 9.88 Å². The molecule has 2 aromatic carbocycles. The fraction of sp³-hybridized carbons (Fsp3) is 0.273. The molecule has 170 valence electrons. The summed E-state index contributed by atoms with van der Waals surface area (Å²) in [4.78, 5) is 29.3. The number of hydrogen-bond acceptors (Lipinski definition) is 3. The highest BCUT2D eigenvalue weighted by Crippen LogP contribution is 2.37. The van der Waals surface area contributed by atoms with Crippen molar-refractivity contribution in [3.05, 3.63) is 73.4 Å². The van der Waals surface area contributed by atoms with Gasteiger partial charge in [-0.3, -0.25) is 9.59 Å². The Labute approximate surface area is 205 Å². The van der Waals surface area contributed by atoms with Crippen molar-refractivity contribution in [2.75, 3.05) is 18.4 Å². The zero-order valence-electron chi connectivity index (χ0n) is 17.0. The Hall–Kier alpha value is -1.99. The van der Waals surface area contributed by atoms with Crippen LogP contribution in [0.5, 0.6) is 0 Å². The Bertz CT molecular complexity index is 1250. The monoisotopic (exact) mass is 517 g/mol. The molecule has 32 heavy (non-hydrogen) atoms. The van der Waals surface area contributed by atoms with Crippen molar-refractivity contribution in [3.63, 3.8) is 0 Å². The van der Waals surface area contributed by atoms with E-state index >= 15 is 0 Å². The largest absolute Gasteiger partial charge is 0.374 e. The predicted molar refractivity (Wildman–Crippen MR) is 130 cm³/mol. The fourth-order valence-electron chi connectivity index (χ4n) is 4.07. The van der Waals surface area contributed by atoms with Crippen LogP contribution < -0.4 is 10.9 Å². The number of hydrogen-bond donors (Lipinski definition) is 2. The first-order valence-corrected chi connectivity index (χ1v) is 11.0. The molecule has 1 unspecified atom stereocenters. The van der Waals surface area contributed by atoms with Crippen molar-refractivity contribution < 1.29 is 9.18 Å². The molecule has 1 atom stereocenters. The van der Waals surface area contributed by atoms with E-state index in [2.05, 4.69) is 10.3 Å². The molecule has 0 saturated heterocycles. The van der Waals surface area contributed by atoms with Crippen LogP contribution in [0.25, 0.3) is 10.8 Å². The van der Waals surface area contributed by atoms with Gasteiger partial charge in [0.15, 0.2) is 0 Å². The first kappa shape index (κ1) is 24.6. The number of aromatic nitrogens is 1. The highest BCUT2D eigenvalue weighted by atomic mass is 35.5.